The van der Waals surface area contributed by atoms with E-state index in [1.807, 2.05) is 0 Å². The summed E-state index contributed by atoms with van der Waals surface area (Å²) in [6.45, 7) is 2.64. The molecule has 0 aliphatic rings. The van der Waals surface area contributed by atoms with Crippen molar-refractivity contribution in [2.45, 2.75) is 25.4 Å². The fourth-order valence-electron chi connectivity index (χ4n) is 1.31. The summed E-state index contributed by atoms with van der Waals surface area (Å²) in [5.74, 6) is -2.68. The lowest BCUT2D eigenvalue weighted by Crippen LogP contribution is -2.40. The molecule has 0 spiro atoms. The zero-order valence-electron chi connectivity index (χ0n) is 8.57. The van der Waals surface area contributed by atoms with Gasteiger partial charge in [-0.25, -0.2) is 9.18 Å². The Bertz CT molecular complexity index is 374. The third kappa shape index (κ3) is 2.15. The summed E-state index contributed by atoms with van der Waals surface area (Å²) in [5.41, 5.74) is -1.77. The summed E-state index contributed by atoms with van der Waals surface area (Å²) in [6, 6.07) is 5.83. The Hall–Kier alpha value is -1.42. The second-order valence-corrected chi connectivity index (χ2v) is 3.70. The van der Waals surface area contributed by atoms with Gasteiger partial charge >= 0.3 is 5.97 Å². The molecule has 0 saturated heterocycles. The van der Waals surface area contributed by atoms with Crippen molar-refractivity contribution in [2.75, 3.05) is 0 Å². The molecule has 1 aromatic carbocycles. The molecule has 2 atom stereocenters. The Labute approximate surface area is 87.2 Å². The number of benzene rings is 1. The molecule has 0 radical (unpaired) electrons. The van der Waals surface area contributed by atoms with E-state index < -0.39 is 23.3 Å². The Morgan fingerprint density at radius 2 is 2.00 bits per heavy atom. The second kappa shape index (κ2) is 3.98. The van der Waals surface area contributed by atoms with Gasteiger partial charge in [-0.15, -0.1) is 0 Å². The van der Waals surface area contributed by atoms with Crippen LogP contribution in [0.25, 0.3) is 0 Å². The average molecular weight is 212 g/mol. The van der Waals surface area contributed by atoms with Gasteiger partial charge in [-0.3, -0.25) is 0 Å². The number of rotatable bonds is 3. The quantitative estimate of drug-likeness (QED) is 0.802. The normalized spacial score (nSPS) is 16.8. The summed E-state index contributed by atoms with van der Waals surface area (Å²) >= 11 is 0. The van der Waals surface area contributed by atoms with Crippen molar-refractivity contribution >= 4 is 5.97 Å². The Morgan fingerprint density at radius 1 is 1.47 bits per heavy atom. The van der Waals surface area contributed by atoms with Gasteiger partial charge in [0.15, 0.2) is 5.60 Å². The molecular formula is C11H13FO3. The lowest BCUT2D eigenvalue weighted by Gasteiger charge is -2.26. The maximum absolute atomic E-state index is 13.3. The van der Waals surface area contributed by atoms with Gasteiger partial charge in [0, 0.05) is 5.92 Å². The maximum Gasteiger partial charge on any atom is 0.336 e. The van der Waals surface area contributed by atoms with Crippen LogP contribution in [-0.2, 0) is 4.79 Å². The van der Waals surface area contributed by atoms with Crippen LogP contribution in [-0.4, -0.2) is 21.8 Å². The van der Waals surface area contributed by atoms with E-state index in [9.17, 15) is 14.3 Å². The van der Waals surface area contributed by atoms with Crippen molar-refractivity contribution in [3.63, 3.8) is 0 Å². The van der Waals surface area contributed by atoms with E-state index >= 15 is 0 Å². The number of hydrogen-bond acceptors (Lipinski definition) is 2. The SMILES string of the molecule is CC(c1ccccc1F)C(C)(O)C(=O)O. The van der Waals surface area contributed by atoms with Crippen molar-refractivity contribution in [2.24, 2.45) is 0 Å². The summed E-state index contributed by atoms with van der Waals surface area (Å²) in [7, 11) is 0. The third-order valence-electron chi connectivity index (χ3n) is 2.65. The highest BCUT2D eigenvalue weighted by molar-refractivity contribution is 5.78. The van der Waals surface area contributed by atoms with Gasteiger partial charge in [0.05, 0.1) is 0 Å². The van der Waals surface area contributed by atoms with Gasteiger partial charge in [0.2, 0.25) is 0 Å². The van der Waals surface area contributed by atoms with Crippen molar-refractivity contribution in [3.8, 4) is 0 Å². The molecule has 4 heteroatoms. The lowest BCUT2D eigenvalue weighted by molar-refractivity contribution is -0.158. The van der Waals surface area contributed by atoms with Crippen molar-refractivity contribution in [1.82, 2.24) is 0 Å². The zero-order chi connectivity index (χ0) is 11.6. The molecule has 0 heterocycles. The molecule has 2 unspecified atom stereocenters. The van der Waals surface area contributed by atoms with Crippen LogP contribution in [0.1, 0.15) is 25.3 Å². The van der Waals surface area contributed by atoms with Crippen LogP contribution in [0.3, 0.4) is 0 Å². The smallest absolute Gasteiger partial charge is 0.336 e. The monoisotopic (exact) mass is 212 g/mol. The lowest BCUT2D eigenvalue weighted by atomic mass is 9.85. The van der Waals surface area contributed by atoms with E-state index in [0.717, 1.165) is 6.92 Å². The number of carboxylic acid groups (broad SMARTS) is 1. The van der Waals surface area contributed by atoms with E-state index in [1.54, 1.807) is 6.07 Å². The van der Waals surface area contributed by atoms with E-state index in [0.29, 0.717) is 0 Å². The molecule has 0 aliphatic carbocycles. The van der Waals surface area contributed by atoms with Crippen LogP contribution in [0.5, 0.6) is 0 Å². The fraction of sp³-hybridized carbons (Fsp3) is 0.364. The molecule has 3 nitrogen and oxygen atoms in total. The number of carbonyl (C=O) groups is 1. The van der Waals surface area contributed by atoms with E-state index in [1.165, 1.54) is 25.1 Å². The number of halogens is 1. The average Bonchev–Trinajstić information content (AvgIpc) is 2.17. The van der Waals surface area contributed by atoms with Gasteiger partial charge in [0.25, 0.3) is 0 Å². The highest BCUT2D eigenvalue weighted by atomic mass is 19.1. The molecule has 1 rings (SSSR count). The number of aliphatic hydroxyl groups is 1. The van der Waals surface area contributed by atoms with Gasteiger partial charge in [0.1, 0.15) is 5.82 Å². The first-order chi connectivity index (χ1) is 6.87. The van der Waals surface area contributed by atoms with Crippen LogP contribution >= 0.6 is 0 Å². The molecule has 0 amide bonds. The topological polar surface area (TPSA) is 57.5 Å². The van der Waals surface area contributed by atoms with Crippen LogP contribution in [0, 0.1) is 5.82 Å². The standard InChI is InChI=1S/C11H13FO3/c1-7(11(2,15)10(13)14)8-5-3-4-6-9(8)12/h3-7,15H,1-2H3,(H,13,14). The third-order valence-corrected chi connectivity index (χ3v) is 2.65. The van der Waals surface area contributed by atoms with Gasteiger partial charge < -0.3 is 10.2 Å². The van der Waals surface area contributed by atoms with Crippen molar-refractivity contribution < 1.29 is 19.4 Å². The number of hydrogen-bond donors (Lipinski definition) is 2. The van der Waals surface area contributed by atoms with E-state index in [-0.39, 0.29) is 5.56 Å². The van der Waals surface area contributed by atoms with Crippen LogP contribution in [0.2, 0.25) is 0 Å². The molecule has 0 bridgehead atoms. The van der Waals surface area contributed by atoms with Gasteiger partial charge in [-0.2, -0.15) is 0 Å². The molecule has 0 aromatic heterocycles. The largest absolute Gasteiger partial charge is 0.479 e. The van der Waals surface area contributed by atoms with Crippen molar-refractivity contribution in [3.05, 3.63) is 35.6 Å². The van der Waals surface area contributed by atoms with Gasteiger partial charge in [-0.05, 0) is 18.6 Å². The fourth-order valence-corrected chi connectivity index (χ4v) is 1.31. The minimum Gasteiger partial charge on any atom is -0.479 e. The minimum absolute atomic E-state index is 0.199. The molecule has 0 saturated carbocycles. The summed E-state index contributed by atoms with van der Waals surface area (Å²) in [6.07, 6.45) is 0. The highest BCUT2D eigenvalue weighted by Crippen LogP contribution is 2.29. The summed E-state index contributed by atoms with van der Waals surface area (Å²) in [4.78, 5) is 10.8. The first-order valence-electron chi connectivity index (χ1n) is 4.57. The molecule has 82 valence electrons. The molecular weight excluding hydrogens is 199 g/mol. The molecule has 0 aliphatic heterocycles. The van der Waals surface area contributed by atoms with Crippen LogP contribution in [0.4, 0.5) is 4.39 Å². The molecule has 1 aromatic rings. The first kappa shape index (κ1) is 11.7. The highest BCUT2D eigenvalue weighted by Gasteiger charge is 2.38. The zero-order valence-corrected chi connectivity index (χ0v) is 8.57. The Kier molecular flexibility index (Phi) is 3.09. The first-order valence-corrected chi connectivity index (χ1v) is 4.57. The summed E-state index contributed by atoms with van der Waals surface area (Å²) < 4.78 is 13.3. The Balaban J connectivity index is 3.10. The molecule has 15 heavy (non-hydrogen) atoms. The second-order valence-electron chi connectivity index (χ2n) is 3.70. The number of aliphatic carboxylic acids is 1. The van der Waals surface area contributed by atoms with E-state index in [4.69, 9.17) is 5.11 Å². The number of carboxylic acids is 1. The van der Waals surface area contributed by atoms with Crippen LogP contribution in [0.15, 0.2) is 24.3 Å². The van der Waals surface area contributed by atoms with Crippen molar-refractivity contribution in [1.29, 1.82) is 0 Å². The van der Waals surface area contributed by atoms with Crippen LogP contribution < -0.4 is 0 Å². The van der Waals surface area contributed by atoms with Gasteiger partial charge in [-0.1, -0.05) is 25.1 Å². The maximum atomic E-state index is 13.3. The van der Waals surface area contributed by atoms with E-state index in [2.05, 4.69) is 0 Å². The molecule has 0 fully saturated rings. The predicted molar refractivity (Wildman–Crippen MR) is 53.1 cm³/mol. The summed E-state index contributed by atoms with van der Waals surface area (Å²) in [5, 5.41) is 18.5. The predicted octanol–water partition coefficient (Wildman–Crippen LogP) is 1.76. The Morgan fingerprint density at radius 3 is 2.47 bits per heavy atom. The minimum atomic E-state index is -1.97. The molecule has 2 N–H and O–H groups in total.